The number of hydrogen-bond acceptors (Lipinski definition) is 3. The number of carbonyl (C=O) groups excluding carboxylic acids is 1. The zero-order valence-corrected chi connectivity index (χ0v) is 14.6. The summed E-state index contributed by atoms with van der Waals surface area (Å²) in [5, 5.41) is 7.76. The Kier molecular flexibility index (Phi) is 3.42. The lowest BCUT2D eigenvalue weighted by atomic mass is 9.95. The number of para-hydroxylation sites is 1. The molecule has 1 saturated carbocycles. The van der Waals surface area contributed by atoms with E-state index < -0.39 is 0 Å². The fraction of sp³-hybridized carbons (Fsp3) is 0.286. The minimum Gasteiger partial charge on any atom is -0.325 e. The number of carbonyl (C=O) groups is 1. The van der Waals surface area contributed by atoms with Crippen molar-refractivity contribution in [3.63, 3.8) is 0 Å². The van der Waals surface area contributed by atoms with Crippen LogP contribution in [0.2, 0.25) is 0 Å². The van der Waals surface area contributed by atoms with Gasteiger partial charge < -0.3 is 5.32 Å². The molecule has 1 aliphatic carbocycles. The highest BCUT2D eigenvalue weighted by atomic mass is 16.2. The minimum atomic E-state index is -0.219. The van der Waals surface area contributed by atoms with Gasteiger partial charge in [0, 0.05) is 18.0 Å². The van der Waals surface area contributed by atoms with Gasteiger partial charge in [-0.25, -0.2) is 9.67 Å². The molecule has 1 fully saturated rings. The maximum absolute atomic E-state index is 12.6. The van der Waals surface area contributed by atoms with Crippen LogP contribution in [0.15, 0.2) is 48.5 Å². The van der Waals surface area contributed by atoms with E-state index in [0.717, 1.165) is 47.0 Å². The molecule has 26 heavy (non-hydrogen) atoms. The zero-order valence-electron chi connectivity index (χ0n) is 14.6. The molecule has 2 heterocycles. The van der Waals surface area contributed by atoms with Crippen LogP contribution >= 0.6 is 0 Å². The second kappa shape index (κ2) is 5.80. The number of fused-ring (bicyclic) bond motifs is 1. The Hall–Kier alpha value is -2.95. The number of hydrogen-bond donors (Lipinski definition) is 1. The standard InChI is InChI=1S/C21H20N4O/c1-13-7-10-18-16(11-13)17(21(26)22-18)12-19-23-20(14-8-9-14)24-25(19)15-5-3-2-4-6-15/h2-7,10-11,14,17H,8-9,12H2,1H3,(H,22,26)/t17-/m1/s1. The number of nitrogens with one attached hydrogen (secondary N) is 1. The Labute approximate surface area is 152 Å². The van der Waals surface area contributed by atoms with Gasteiger partial charge >= 0.3 is 0 Å². The molecule has 0 bridgehead atoms. The van der Waals surface area contributed by atoms with E-state index in [2.05, 4.69) is 18.3 Å². The Bertz CT molecular complexity index is 989. The van der Waals surface area contributed by atoms with Crippen LogP contribution in [0, 0.1) is 6.92 Å². The first kappa shape index (κ1) is 15.3. The van der Waals surface area contributed by atoms with E-state index in [1.807, 2.05) is 47.1 Å². The van der Waals surface area contributed by atoms with E-state index in [1.165, 1.54) is 0 Å². The van der Waals surface area contributed by atoms with E-state index in [0.29, 0.717) is 12.3 Å². The summed E-state index contributed by atoms with van der Waals surface area (Å²) >= 11 is 0. The molecule has 1 amide bonds. The summed E-state index contributed by atoms with van der Waals surface area (Å²) in [6.45, 7) is 2.05. The van der Waals surface area contributed by atoms with Gasteiger partial charge in [-0.05, 0) is 43.5 Å². The molecule has 3 aromatic rings. The van der Waals surface area contributed by atoms with Crippen molar-refractivity contribution in [1.82, 2.24) is 14.8 Å². The van der Waals surface area contributed by atoms with Crippen LogP contribution in [0.25, 0.3) is 5.69 Å². The first-order chi connectivity index (χ1) is 12.7. The Morgan fingerprint density at radius 2 is 1.96 bits per heavy atom. The van der Waals surface area contributed by atoms with Crippen LogP contribution in [-0.4, -0.2) is 20.7 Å². The van der Waals surface area contributed by atoms with Gasteiger partial charge in [-0.2, -0.15) is 5.10 Å². The van der Waals surface area contributed by atoms with E-state index >= 15 is 0 Å². The number of aryl methyl sites for hydroxylation is 1. The topological polar surface area (TPSA) is 59.8 Å². The molecule has 2 aliphatic rings. The maximum Gasteiger partial charge on any atom is 0.232 e. The summed E-state index contributed by atoms with van der Waals surface area (Å²) in [5.74, 6) is 2.06. The second-order valence-electron chi connectivity index (χ2n) is 7.24. The third-order valence-corrected chi connectivity index (χ3v) is 5.18. The summed E-state index contributed by atoms with van der Waals surface area (Å²) in [6.07, 6.45) is 2.87. The van der Waals surface area contributed by atoms with Gasteiger partial charge in [0.15, 0.2) is 5.82 Å². The molecule has 1 atom stereocenters. The smallest absolute Gasteiger partial charge is 0.232 e. The lowest BCUT2D eigenvalue weighted by Gasteiger charge is -2.10. The quantitative estimate of drug-likeness (QED) is 0.784. The number of rotatable bonds is 4. The molecule has 0 saturated heterocycles. The lowest BCUT2D eigenvalue weighted by Crippen LogP contribution is -2.16. The highest BCUT2D eigenvalue weighted by Gasteiger charge is 2.34. The van der Waals surface area contributed by atoms with Gasteiger partial charge in [0.25, 0.3) is 0 Å². The second-order valence-corrected chi connectivity index (χ2v) is 7.24. The van der Waals surface area contributed by atoms with E-state index in [1.54, 1.807) is 0 Å². The van der Waals surface area contributed by atoms with Crippen LogP contribution in [0.5, 0.6) is 0 Å². The summed E-state index contributed by atoms with van der Waals surface area (Å²) in [4.78, 5) is 17.4. The van der Waals surface area contributed by atoms with Crippen LogP contribution < -0.4 is 5.32 Å². The molecule has 130 valence electrons. The van der Waals surface area contributed by atoms with Crippen molar-refractivity contribution in [3.8, 4) is 5.69 Å². The molecule has 1 aromatic heterocycles. The third kappa shape index (κ3) is 2.60. The summed E-state index contributed by atoms with van der Waals surface area (Å²) < 4.78 is 1.91. The molecule has 5 nitrogen and oxygen atoms in total. The van der Waals surface area contributed by atoms with Crippen molar-refractivity contribution < 1.29 is 4.79 Å². The third-order valence-electron chi connectivity index (χ3n) is 5.18. The van der Waals surface area contributed by atoms with Crippen molar-refractivity contribution in [2.75, 3.05) is 5.32 Å². The van der Waals surface area contributed by atoms with Gasteiger partial charge in [0.1, 0.15) is 5.82 Å². The molecule has 5 heteroatoms. The average Bonchev–Trinajstić information content (AvgIpc) is 3.35. The maximum atomic E-state index is 12.6. The number of nitrogens with zero attached hydrogens (tertiary/aromatic N) is 3. The zero-order chi connectivity index (χ0) is 17.7. The van der Waals surface area contributed by atoms with Gasteiger partial charge in [-0.15, -0.1) is 0 Å². The Morgan fingerprint density at radius 3 is 2.73 bits per heavy atom. The van der Waals surface area contributed by atoms with Crippen molar-refractivity contribution in [1.29, 1.82) is 0 Å². The highest BCUT2D eigenvalue weighted by molar-refractivity contribution is 6.03. The fourth-order valence-corrected chi connectivity index (χ4v) is 3.62. The van der Waals surface area contributed by atoms with Crippen LogP contribution in [-0.2, 0) is 11.2 Å². The van der Waals surface area contributed by atoms with E-state index in [4.69, 9.17) is 10.1 Å². The molecular formula is C21H20N4O. The van der Waals surface area contributed by atoms with Crippen LogP contribution in [0.4, 0.5) is 5.69 Å². The predicted octanol–water partition coefficient (Wildman–Crippen LogP) is 3.73. The molecular weight excluding hydrogens is 324 g/mol. The van der Waals surface area contributed by atoms with E-state index in [-0.39, 0.29) is 11.8 Å². The number of amides is 1. The molecule has 0 radical (unpaired) electrons. The van der Waals surface area contributed by atoms with Crippen molar-refractivity contribution in [3.05, 3.63) is 71.3 Å². The normalized spacial score (nSPS) is 18.7. The van der Waals surface area contributed by atoms with Gasteiger partial charge in [0.05, 0.1) is 11.6 Å². The number of benzene rings is 2. The molecule has 5 rings (SSSR count). The Balaban J connectivity index is 1.55. The van der Waals surface area contributed by atoms with Gasteiger partial charge in [0.2, 0.25) is 5.91 Å². The first-order valence-corrected chi connectivity index (χ1v) is 9.12. The monoisotopic (exact) mass is 344 g/mol. The molecule has 0 spiro atoms. The van der Waals surface area contributed by atoms with Crippen molar-refractivity contribution >= 4 is 11.6 Å². The fourth-order valence-electron chi connectivity index (χ4n) is 3.62. The largest absolute Gasteiger partial charge is 0.325 e. The summed E-state index contributed by atoms with van der Waals surface area (Å²) in [5.41, 5.74) is 4.13. The SMILES string of the molecule is Cc1ccc2c(c1)[C@@H](Cc1nc(C3CC3)nn1-c1ccccc1)C(=O)N2. The molecule has 1 aliphatic heterocycles. The predicted molar refractivity (Wildman–Crippen MR) is 99.6 cm³/mol. The number of aromatic nitrogens is 3. The number of anilines is 1. The van der Waals surface area contributed by atoms with Gasteiger partial charge in [-0.3, -0.25) is 4.79 Å². The first-order valence-electron chi connectivity index (χ1n) is 9.12. The van der Waals surface area contributed by atoms with Crippen LogP contribution in [0.1, 0.15) is 47.5 Å². The summed E-state index contributed by atoms with van der Waals surface area (Å²) in [7, 11) is 0. The Morgan fingerprint density at radius 1 is 1.15 bits per heavy atom. The minimum absolute atomic E-state index is 0.0428. The van der Waals surface area contributed by atoms with Crippen LogP contribution in [0.3, 0.4) is 0 Å². The lowest BCUT2D eigenvalue weighted by molar-refractivity contribution is -0.117. The molecule has 0 unspecified atom stereocenters. The van der Waals surface area contributed by atoms with Crippen molar-refractivity contribution in [2.24, 2.45) is 0 Å². The molecule has 1 N–H and O–H groups in total. The van der Waals surface area contributed by atoms with E-state index in [9.17, 15) is 4.79 Å². The average molecular weight is 344 g/mol. The summed E-state index contributed by atoms with van der Waals surface area (Å²) in [6, 6.07) is 16.2. The van der Waals surface area contributed by atoms with Gasteiger partial charge in [-0.1, -0.05) is 35.9 Å². The van der Waals surface area contributed by atoms with Crippen molar-refractivity contribution in [2.45, 2.75) is 38.0 Å². The molecule has 2 aromatic carbocycles. The highest BCUT2D eigenvalue weighted by Crippen LogP contribution is 2.39.